The van der Waals surface area contributed by atoms with E-state index in [9.17, 15) is 23.3 Å². The first-order chi connectivity index (χ1) is 23.0. The van der Waals surface area contributed by atoms with Crippen LogP contribution < -0.4 is 19.9 Å². The number of anilines is 2. The molecule has 2 aliphatic rings. The van der Waals surface area contributed by atoms with Crippen molar-refractivity contribution < 1.29 is 31.8 Å². The molecule has 1 N–H and O–H groups in total. The number of nitriles is 1. The SMILES string of the molecule is CCN(C)S(=O)(=O)Nc1ccc(F)c(Oc2ccc3ncn(C4COC5(CCN(C(=O)OC(C)(C)C)CC5)C4)c(=O)c3c2N(C)C)c1C#N. The number of likely N-dealkylation sites (tertiary alicyclic amines) is 1. The molecule has 2 fully saturated rings. The van der Waals surface area contributed by atoms with Crippen LogP contribution in [0.25, 0.3) is 10.9 Å². The molecular formula is C33H42FN7O7S. The van der Waals surface area contributed by atoms with Crippen molar-refractivity contribution in [1.82, 2.24) is 18.8 Å². The first-order valence-corrected chi connectivity index (χ1v) is 17.4. The van der Waals surface area contributed by atoms with Crippen LogP contribution in [0.3, 0.4) is 0 Å². The van der Waals surface area contributed by atoms with Gasteiger partial charge in [0.2, 0.25) is 0 Å². The molecule has 1 amide bonds. The molecule has 0 saturated carbocycles. The van der Waals surface area contributed by atoms with E-state index in [1.54, 1.807) is 36.9 Å². The summed E-state index contributed by atoms with van der Waals surface area (Å²) in [5, 5.41) is 10.2. The quantitative estimate of drug-likeness (QED) is 0.352. The minimum atomic E-state index is -4.03. The lowest BCUT2D eigenvalue weighted by molar-refractivity contribution is -0.0486. The first kappa shape index (κ1) is 35.8. The number of nitrogens with zero attached hydrogens (tertiary/aromatic N) is 6. The standard InChI is InChI=1S/C33H42FN7O7S/c1-8-39(7)49(44,45)37-24-10-9-23(34)29(22(24)18-35)47-26-12-11-25-27(28(26)38(5)6)30(42)41(20-36-25)21-17-33(46-19-21)13-15-40(16-14-33)31(43)48-32(2,3)4/h9-12,20-21,37H,8,13-17,19H2,1-7H3. The Balaban J connectivity index is 1.46. The third-order valence-corrected chi connectivity index (χ3v) is 10.3. The second kappa shape index (κ2) is 13.4. The maximum absolute atomic E-state index is 15.3. The largest absolute Gasteiger partial charge is 0.451 e. The number of ether oxygens (including phenoxy) is 3. The molecule has 1 unspecified atom stereocenters. The Morgan fingerprint density at radius 1 is 1.20 bits per heavy atom. The van der Waals surface area contributed by atoms with Crippen molar-refractivity contribution in [2.45, 2.75) is 64.2 Å². The van der Waals surface area contributed by atoms with E-state index >= 15 is 4.39 Å². The van der Waals surface area contributed by atoms with Crippen LogP contribution in [0.15, 0.2) is 35.4 Å². The van der Waals surface area contributed by atoms with Crippen LogP contribution in [0.2, 0.25) is 0 Å². The maximum atomic E-state index is 15.3. The van der Waals surface area contributed by atoms with Crippen molar-refractivity contribution in [1.29, 1.82) is 5.26 Å². The molecule has 3 heterocycles. The van der Waals surface area contributed by atoms with Crippen molar-refractivity contribution in [3.8, 4) is 17.6 Å². The first-order valence-electron chi connectivity index (χ1n) is 16.0. The molecule has 2 saturated heterocycles. The zero-order valence-electron chi connectivity index (χ0n) is 28.7. The van der Waals surface area contributed by atoms with Crippen LogP contribution in [0.4, 0.5) is 20.6 Å². The van der Waals surface area contributed by atoms with E-state index in [0.717, 1.165) is 16.4 Å². The van der Waals surface area contributed by atoms with Gasteiger partial charge in [0.1, 0.15) is 17.2 Å². The summed E-state index contributed by atoms with van der Waals surface area (Å²) in [5.74, 6) is -1.34. The number of amides is 1. The number of nitrogens with one attached hydrogen (secondary N) is 1. The van der Waals surface area contributed by atoms with Gasteiger partial charge in [0.15, 0.2) is 17.3 Å². The highest BCUT2D eigenvalue weighted by Crippen LogP contribution is 2.42. The van der Waals surface area contributed by atoms with Crippen LogP contribution in [-0.2, 0) is 19.7 Å². The second-order valence-electron chi connectivity index (χ2n) is 13.5. The topological polar surface area (TPSA) is 159 Å². The highest BCUT2D eigenvalue weighted by molar-refractivity contribution is 7.90. The summed E-state index contributed by atoms with van der Waals surface area (Å²) in [7, 11) is 0.715. The molecule has 1 aromatic heterocycles. The van der Waals surface area contributed by atoms with Crippen molar-refractivity contribution in [2.75, 3.05) is 57.0 Å². The van der Waals surface area contributed by atoms with Gasteiger partial charge in [0, 0.05) is 40.8 Å². The Morgan fingerprint density at radius 3 is 2.51 bits per heavy atom. The fraction of sp³-hybridized carbons (Fsp3) is 0.515. The van der Waals surface area contributed by atoms with Gasteiger partial charge in [-0.2, -0.15) is 18.0 Å². The Labute approximate surface area is 285 Å². The van der Waals surface area contributed by atoms with E-state index in [1.165, 1.54) is 24.0 Å². The van der Waals surface area contributed by atoms with E-state index in [4.69, 9.17) is 14.2 Å². The zero-order chi connectivity index (χ0) is 35.9. The second-order valence-corrected chi connectivity index (χ2v) is 15.3. The molecule has 0 bridgehead atoms. The number of aromatic nitrogens is 2. The van der Waals surface area contributed by atoms with Crippen LogP contribution in [0, 0.1) is 17.1 Å². The molecule has 1 spiro atoms. The van der Waals surface area contributed by atoms with Crippen LogP contribution in [0.1, 0.15) is 58.6 Å². The van der Waals surface area contributed by atoms with Crippen molar-refractivity contribution in [2.24, 2.45) is 0 Å². The molecule has 3 aromatic rings. The predicted octanol–water partition coefficient (Wildman–Crippen LogP) is 4.61. The van der Waals surface area contributed by atoms with Gasteiger partial charge in [0.25, 0.3) is 5.56 Å². The smallest absolute Gasteiger partial charge is 0.410 e. The van der Waals surface area contributed by atoms with E-state index in [1.807, 2.05) is 26.8 Å². The summed E-state index contributed by atoms with van der Waals surface area (Å²) in [5.41, 5.74) is -1.32. The van der Waals surface area contributed by atoms with Crippen LogP contribution in [0.5, 0.6) is 11.5 Å². The fourth-order valence-electron chi connectivity index (χ4n) is 6.09. The minimum Gasteiger partial charge on any atom is -0.451 e. The summed E-state index contributed by atoms with van der Waals surface area (Å²) in [6, 6.07) is 6.75. The Kier molecular flexibility index (Phi) is 9.84. The van der Waals surface area contributed by atoms with Crippen molar-refractivity contribution in [3.63, 3.8) is 0 Å². The highest BCUT2D eigenvalue weighted by Gasteiger charge is 2.45. The summed E-state index contributed by atoms with van der Waals surface area (Å²) in [6.45, 7) is 8.50. The summed E-state index contributed by atoms with van der Waals surface area (Å²) < 4.78 is 63.4. The number of halogens is 1. The molecule has 0 radical (unpaired) electrons. The van der Waals surface area contributed by atoms with E-state index in [2.05, 4.69) is 9.71 Å². The van der Waals surface area contributed by atoms with E-state index in [0.29, 0.717) is 43.6 Å². The molecular weight excluding hydrogens is 657 g/mol. The predicted molar refractivity (Wildman–Crippen MR) is 182 cm³/mol. The number of rotatable bonds is 8. The molecule has 2 aliphatic heterocycles. The molecule has 16 heteroatoms. The third kappa shape index (κ3) is 7.29. The van der Waals surface area contributed by atoms with Crippen molar-refractivity contribution >= 4 is 38.6 Å². The summed E-state index contributed by atoms with van der Waals surface area (Å²) in [6.07, 6.45) is 2.86. The number of carbonyl (C=O) groups is 1. The number of benzene rings is 2. The zero-order valence-corrected chi connectivity index (χ0v) is 29.6. The van der Waals surface area contributed by atoms with Gasteiger partial charge in [0.05, 0.1) is 46.9 Å². The molecule has 49 heavy (non-hydrogen) atoms. The Bertz CT molecular complexity index is 1960. The lowest BCUT2D eigenvalue weighted by Gasteiger charge is -2.39. The third-order valence-electron chi connectivity index (χ3n) is 8.77. The monoisotopic (exact) mass is 699 g/mol. The van der Waals surface area contributed by atoms with Gasteiger partial charge in [-0.05, 0) is 64.3 Å². The van der Waals surface area contributed by atoms with Gasteiger partial charge >= 0.3 is 16.3 Å². The normalized spacial score (nSPS) is 17.7. The lowest BCUT2D eigenvalue weighted by atomic mass is 9.87. The molecule has 2 aromatic carbocycles. The summed E-state index contributed by atoms with van der Waals surface area (Å²) in [4.78, 5) is 34.7. The maximum Gasteiger partial charge on any atom is 0.410 e. The van der Waals surface area contributed by atoms with Crippen LogP contribution >= 0.6 is 0 Å². The number of hydrogen-bond donors (Lipinski definition) is 1. The van der Waals surface area contributed by atoms with Crippen LogP contribution in [-0.4, -0.2) is 91.9 Å². The van der Waals surface area contributed by atoms with Gasteiger partial charge in [-0.3, -0.25) is 14.1 Å². The van der Waals surface area contributed by atoms with Crippen molar-refractivity contribution in [3.05, 3.63) is 52.3 Å². The number of fused-ring (bicyclic) bond motifs is 1. The number of piperidine rings is 1. The van der Waals surface area contributed by atoms with Gasteiger partial charge < -0.3 is 24.0 Å². The average Bonchev–Trinajstić information content (AvgIpc) is 3.44. The van der Waals surface area contributed by atoms with Gasteiger partial charge in [-0.25, -0.2) is 14.2 Å². The number of carbonyl (C=O) groups excluding carboxylic acids is 1. The molecule has 264 valence electrons. The number of hydrogen-bond acceptors (Lipinski definition) is 10. The molecule has 0 aliphatic carbocycles. The lowest BCUT2D eigenvalue weighted by Crippen LogP contribution is -2.48. The summed E-state index contributed by atoms with van der Waals surface area (Å²) >= 11 is 0. The minimum absolute atomic E-state index is 0.0592. The fourth-order valence-corrected chi connectivity index (χ4v) is 7.04. The average molecular weight is 700 g/mol. The van der Waals surface area contributed by atoms with E-state index in [-0.39, 0.29) is 53.2 Å². The van der Waals surface area contributed by atoms with Gasteiger partial charge in [-0.15, -0.1) is 0 Å². The van der Waals surface area contributed by atoms with Gasteiger partial charge in [-0.1, -0.05) is 6.92 Å². The molecule has 5 rings (SSSR count). The van der Waals surface area contributed by atoms with E-state index < -0.39 is 33.0 Å². The Morgan fingerprint density at radius 2 is 1.90 bits per heavy atom. The Hall–Kier alpha value is -4.46. The molecule has 14 nitrogen and oxygen atoms in total. The highest BCUT2D eigenvalue weighted by atomic mass is 32.2. The molecule has 1 atom stereocenters.